The van der Waals surface area contributed by atoms with E-state index in [4.69, 9.17) is 0 Å². The van der Waals surface area contributed by atoms with Crippen molar-refractivity contribution in [2.75, 3.05) is 11.1 Å². The maximum atomic E-state index is 13.6. The van der Waals surface area contributed by atoms with Gasteiger partial charge in [0.05, 0.1) is 29.4 Å². The van der Waals surface area contributed by atoms with Crippen LogP contribution in [0.15, 0.2) is 59.9 Å². The van der Waals surface area contributed by atoms with Crippen LogP contribution in [0.5, 0.6) is 0 Å². The number of pyridine rings is 1. The number of thioether (sulfide) groups is 1. The molecule has 0 aliphatic heterocycles. The summed E-state index contributed by atoms with van der Waals surface area (Å²) in [5.41, 5.74) is -0.172. The minimum atomic E-state index is -4.59. The zero-order chi connectivity index (χ0) is 27.1. The van der Waals surface area contributed by atoms with E-state index in [1.165, 1.54) is 12.4 Å². The number of Topliss-reactive ketones (excluding diaryl/α,β-unsaturated/α-hetero) is 1. The normalized spacial score (nSPS) is 17.4. The number of carbonyl (C=O) groups is 2. The highest BCUT2D eigenvalue weighted by Crippen LogP contribution is 2.40. The second-order valence-electron chi connectivity index (χ2n) is 9.26. The van der Waals surface area contributed by atoms with Gasteiger partial charge in [-0.05, 0) is 55.3 Å². The minimum absolute atomic E-state index is 0.00251. The van der Waals surface area contributed by atoms with Crippen LogP contribution >= 0.6 is 11.8 Å². The molecule has 0 bridgehead atoms. The number of alkyl halides is 3. The van der Waals surface area contributed by atoms with Gasteiger partial charge in [0.15, 0.2) is 11.4 Å². The summed E-state index contributed by atoms with van der Waals surface area (Å²) in [5.74, 6) is 0.786. The van der Waals surface area contributed by atoms with E-state index in [1.54, 1.807) is 30.8 Å². The maximum absolute atomic E-state index is 13.6. The first-order chi connectivity index (χ1) is 18.1. The summed E-state index contributed by atoms with van der Waals surface area (Å²) in [7, 11) is 0. The van der Waals surface area contributed by atoms with E-state index in [1.807, 2.05) is 24.3 Å². The van der Waals surface area contributed by atoms with Crippen molar-refractivity contribution in [1.29, 1.82) is 0 Å². The second-order valence-corrected chi connectivity index (χ2v) is 10.6. The van der Waals surface area contributed by atoms with Gasteiger partial charge in [-0.3, -0.25) is 19.0 Å². The number of aryl methyl sites for hydroxylation is 1. The molecule has 0 radical (unpaired) electrons. The number of anilines is 1. The number of hydrogen-bond donors (Lipinski definition) is 1. The SMILES string of the molecule is CCSc1ccc(CC(=O)Nc2ccc3c(n2)CCC(C)(c2nccn4c(C(F)(F)F)cnc24)C3=O)cc1. The maximum Gasteiger partial charge on any atom is 0.433 e. The number of benzene rings is 1. The molecular weight excluding hydrogens is 515 g/mol. The Kier molecular flexibility index (Phi) is 6.72. The monoisotopic (exact) mass is 539 g/mol. The number of fused-ring (bicyclic) bond motifs is 2. The number of carbonyl (C=O) groups excluding carboxylic acids is 2. The number of nitrogens with one attached hydrogen (secondary N) is 1. The predicted octanol–water partition coefficient (Wildman–Crippen LogP) is 5.52. The Labute approximate surface area is 220 Å². The third kappa shape index (κ3) is 4.78. The van der Waals surface area contributed by atoms with Crippen LogP contribution in [0, 0.1) is 0 Å². The van der Waals surface area contributed by atoms with E-state index in [0.29, 0.717) is 23.5 Å². The van der Waals surface area contributed by atoms with Crippen molar-refractivity contribution in [3.63, 3.8) is 0 Å². The van der Waals surface area contributed by atoms with Crippen molar-refractivity contribution in [3.05, 3.63) is 83.2 Å². The molecule has 0 saturated heterocycles. The number of ketones is 1. The molecule has 1 aromatic carbocycles. The molecule has 0 spiro atoms. The molecule has 0 saturated carbocycles. The van der Waals surface area contributed by atoms with Crippen LogP contribution in [-0.4, -0.2) is 36.8 Å². The zero-order valence-corrected chi connectivity index (χ0v) is 21.5. The summed E-state index contributed by atoms with van der Waals surface area (Å²) in [6, 6.07) is 11.0. The van der Waals surface area contributed by atoms with Crippen molar-refractivity contribution < 1.29 is 22.8 Å². The highest BCUT2D eigenvalue weighted by Gasteiger charge is 2.44. The molecule has 1 unspecified atom stereocenters. The summed E-state index contributed by atoms with van der Waals surface area (Å²) in [6.45, 7) is 3.75. The lowest BCUT2D eigenvalue weighted by molar-refractivity contribution is -0.141. The lowest BCUT2D eigenvalue weighted by atomic mass is 9.71. The van der Waals surface area contributed by atoms with Crippen LogP contribution in [0.4, 0.5) is 19.0 Å². The summed E-state index contributed by atoms with van der Waals surface area (Å²) in [4.78, 5) is 40.1. The molecule has 4 aromatic rings. The fraction of sp³-hybridized carbons (Fsp3) is 0.296. The third-order valence-corrected chi connectivity index (χ3v) is 7.58. The summed E-state index contributed by atoms with van der Waals surface area (Å²) in [5, 5.41) is 2.79. The molecule has 1 atom stereocenters. The van der Waals surface area contributed by atoms with Crippen molar-refractivity contribution in [3.8, 4) is 0 Å². The lowest BCUT2D eigenvalue weighted by Crippen LogP contribution is -2.39. The molecule has 11 heteroatoms. The van der Waals surface area contributed by atoms with Gasteiger partial charge in [0, 0.05) is 22.9 Å². The van der Waals surface area contributed by atoms with E-state index in [2.05, 4.69) is 27.2 Å². The van der Waals surface area contributed by atoms with Gasteiger partial charge in [0.2, 0.25) is 5.91 Å². The van der Waals surface area contributed by atoms with Crippen LogP contribution in [-0.2, 0) is 29.2 Å². The largest absolute Gasteiger partial charge is 0.433 e. The number of halogens is 3. The first-order valence-corrected chi connectivity index (χ1v) is 13.0. The zero-order valence-electron chi connectivity index (χ0n) is 20.7. The van der Waals surface area contributed by atoms with Crippen LogP contribution < -0.4 is 5.32 Å². The molecule has 1 N–H and O–H groups in total. The first kappa shape index (κ1) is 25.9. The van der Waals surface area contributed by atoms with Gasteiger partial charge >= 0.3 is 6.18 Å². The summed E-state index contributed by atoms with van der Waals surface area (Å²) in [6.07, 6.45) is -0.550. The standard InChI is InChI=1S/C27H24F3N5O2S/c1-3-38-17-6-4-16(5-7-17)14-22(36)34-21-9-8-18-19(33-21)10-11-26(2,24(18)37)23-25-32-15-20(27(28,29)30)35(25)13-12-31-23/h4-9,12-13,15H,3,10-11,14H2,1-2H3,(H,33,34,36). The van der Waals surface area contributed by atoms with Crippen molar-refractivity contribution in [2.24, 2.45) is 0 Å². The Morgan fingerprint density at radius 3 is 2.63 bits per heavy atom. The Hall–Kier alpha value is -3.73. The molecule has 1 aliphatic rings. The number of nitrogens with zero attached hydrogens (tertiary/aromatic N) is 4. The van der Waals surface area contributed by atoms with Gasteiger partial charge in [-0.15, -0.1) is 11.8 Å². The van der Waals surface area contributed by atoms with Gasteiger partial charge < -0.3 is 5.32 Å². The van der Waals surface area contributed by atoms with E-state index < -0.39 is 17.3 Å². The second kappa shape index (κ2) is 9.86. The lowest BCUT2D eigenvalue weighted by Gasteiger charge is -2.32. The Morgan fingerprint density at radius 2 is 1.92 bits per heavy atom. The van der Waals surface area contributed by atoms with E-state index in [9.17, 15) is 22.8 Å². The van der Waals surface area contributed by atoms with Gasteiger partial charge in [-0.2, -0.15) is 13.2 Å². The number of aromatic nitrogens is 4. The Balaban J connectivity index is 1.36. The minimum Gasteiger partial charge on any atom is -0.310 e. The van der Waals surface area contributed by atoms with E-state index in [0.717, 1.165) is 26.8 Å². The number of hydrogen-bond acceptors (Lipinski definition) is 6. The fourth-order valence-corrected chi connectivity index (χ4v) is 5.40. The molecule has 3 heterocycles. The average Bonchev–Trinajstić information content (AvgIpc) is 3.33. The molecular formula is C27H24F3N5O2S. The molecule has 0 fully saturated rings. The smallest absolute Gasteiger partial charge is 0.310 e. The number of amides is 1. The van der Waals surface area contributed by atoms with Crippen molar-refractivity contribution in [1.82, 2.24) is 19.4 Å². The molecule has 38 heavy (non-hydrogen) atoms. The van der Waals surface area contributed by atoms with Crippen LogP contribution in [0.2, 0.25) is 0 Å². The molecule has 5 rings (SSSR count). The van der Waals surface area contributed by atoms with E-state index in [-0.39, 0.29) is 35.9 Å². The predicted molar refractivity (Wildman–Crippen MR) is 137 cm³/mol. The molecule has 1 aliphatic carbocycles. The first-order valence-electron chi connectivity index (χ1n) is 12.1. The fourth-order valence-electron chi connectivity index (χ4n) is 4.73. The number of imidazole rings is 1. The van der Waals surface area contributed by atoms with Gasteiger partial charge in [-0.1, -0.05) is 19.1 Å². The van der Waals surface area contributed by atoms with Crippen LogP contribution in [0.25, 0.3) is 5.65 Å². The van der Waals surface area contributed by atoms with Gasteiger partial charge in [0.1, 0.15) is 11.5 Å². The van der Waals surface area contributed by atoms with E-state index >= 15 is 0 Å². The molecule has 196 valence electrons. The highest BCUT2D eigenvalue weighted by atomic mass is 32.2. The van der Waals surface area contributed by atoms with Crippen LogP contribution in [0.1, 0.15) is 53.3 Å². The third-order valence-electron chi connectivity index (χ3n) is 6.69. The van der Waals surface area contributed by atoms with Crippen LogP contribution in [0.3, 0.4) is 0 Å². The average molecular weight is 540 g/mol. The topological polar surface area (TPSA) is 89.2 Å². The molecule has 3 aromatic heterocycles. The quantitative estimate of drug-likeness (QED) is 0.325. The van der Waals surface area contributed by atoms with Crippen molar-refractivity contribution >= 4 is 34.9 Å². The Bertz CT molecular complexity index is 1530. The summed E-state index contributed by atoms with van der Waals surface area (Å²) >= 11 is 1.73. The Morgan fingerprint density at radius 1 is 1.16 bits per heavy atom. The van der Waals surface area contributed by atoms with Gasteiger partial charge in [-0.25, -0.2) is 9.97 Å². The highest BCUT2D eigenvalue weighted by molar-refractivity contribution is 7.99. The van der Waals surface area contributed by atoms with Gasteiger partial charge in [0.25, 0.3) is 0 Å². The number of rotatable bonds is 6. The molecule has 7 nitrogen and oxygen atoms in total. The summed E-state index contributed by atoms with van der Waals surface area (Å²) < 4.78 is 41.1. The molecule has 1 amide bonds. The van der Waals surface area contributed by atoms with Crippen molar-refractivity contribution in [2.45, 2.75) is 49.6 Å².